The van der Waals surface area contributed by atoms with Crippen molar-refractivity contribution in [2.24, 2.45) is 5.41 Å². The second-order valence-electron chi connectivity index (χ2n) is 10.1. The molecule has 0 radical (unpaired) electrons. The van der Waals surface area contributed by atoms with Crippen LogP contribution in [-0.2, 0) is 14.0 Å². The normalized spacial score (nSPS) is 28.0. The number of carbonyl (C=O) groups excluding carboxylic acids is 1. The Balaban J connectivity index is 1.91. The summed E-state index contributed by atoms with van der Waals surface area (Å²) in [7, 11) is -0.797. The molecule has 27 heavy (non-hydrogen) atoms. The standard InChI is InChI=1S/C19H30BF2NO4/c1-15(2,3)25-14(24)23-9-8-18(11-19(21,22)12-18)10-13(23)20-26-16(4,5)17(6,7)27-20/h10H,8-9,11-12H2,1-7H3. The highest BCUT2D eigenvalue weighted by Crippen LogP contribution is 2.57. The molecule has 0 bridgehead atoms. The Morgan fingerprint density at radius 3 is 2.11 bits per heavy atom. The summed E-state index contributed by atoms with van der Waals surface area (Å²) in [4.78, 5) is 14.2. The van der Waals surface area contributed by atoms with Crippen LogP contribution in [0.25, 0.3) is 0 Å². The molecule has 3 rings (SSSR count). The Morgan fingerprint density at radius 2 is 1.67 bits per heavy atom. The van der Waals surface area contributed by atoms with E-state index in [9.17, 15) is 13.6 Å². The van der Waals surface area contributed by atoms with Gasteiger partial charge in [-0.15, -0.1) is 0 Å². The maximum atomic E-state index is 13.6. The zero-order chi connectivity index (χ0) is 20.5. The van der Waals surface area contributed by atoms with Crippen molar-refractivity contribution in [1.82, 2.24) is 4.90 Å². The third kappa shape index (κ3) is 3.88. The minimum absolute atomic E-state index is 0.203. The van der Waals surface area contributed by atoms with Gasteiger partial charge in [0.25, 0.3) is 0 Å². The molecule has 1 spiro atoms. The second-order valence-corrected chi connectivity index (χ2v) is 10.1. The second kappa shape index (κ2) is 5.93. The molecule has 8 heteroatoms. The van der Waals surface area contributed by atoms with Gasteiger partial charge in [-0.2, -0.15) is 0 Å². The van der Waals surface area contributed by atoms with Crippen molar-refractivity contribution in [2.45, 2.75) is 90.5 Å². The summed E-state index contributed by atoms with van der Waals surface area (Å²) in [6.45, 7) is 13.4. The van der Waals surface area contributed by atoms with E-state index in [0.717, 1.165) is 0 Å². The Bertz CT molecular complexity index is 645. The molecule has 0 aromatic rings. The molecule has 5 nitrogen and oxygen atoms in total. The number of ether oxygens (including phenoxy) is 1. The summed E-state index contributed by atoms with van der Waals surface area (Å²) >= 11 is 0. The Hall–Kier alpha value is -1.15. The SMILES string of the molecule is CC(C)(C)OC(=O)N1CCC2(C=C1B1OC(C)(C)C(C)(C)O1)CC(F)(F)C2. The van der Waals surface area contributed by atoms with Crippen molar-refractivity contribution in [3.63, 3.8) is 0 Å². The lowest BCUT2D eigenvalue weighted by Crippen LogP contribution is -2.53. The summed E-state index contributed by atoms with van der Waals surface area (Å²) in [5.41, 5.74) is -1.97. The van der Waals surface area contributed by atoms with Gasteiger partial charge < -0.3 is 14.0 Å². The Labute approximate surface area is 160 Å². The van der Waals surface area contributed by atoms with Crippen molar-refractivity contribution in [1.29, 1.82) is 0 Å². The minimum Gasteiger partial charge on any atom is -0.443 e. The highest BCUT2D eigenvalue weighted by molar-refractivity contribution is 6.54. The van der Waals surface area contributed by atoms with E-state index in [0.29, 0.717) is 18.6 Å². The summed E-state index contributed by atoms with van der Waals surface area (Å²) in [5, 5.41) is 0. The van der Waals surface area contributed by atoms with Crippen molar-refractivity contribution >= 4 is 13.2 Å². The molecule has 2 heterocycles. The van der Waals surface area contributed by atoms with Crippen molar-refractivity contribution < 1.29 is 27.6 Å². The monoisotopic (exact) mass is 385 g/mol. The van der Waals surface area contributed by atoms with Crippen LogP contribution < -0.4 is 0 Å². The number of alkyl halides is 2. The van der Waals surface area contributed by atoms with E-state index >= 15 is 0 Å². The predicted octanol–water partition coefficient (Wildman–Crippen LogP) is 4.56. The summed E-state index contributed by atoms with van der Waals surface area (Å²) in [6.07, 6.45) is 1.32. The van der Waals surface area contributed by atoms with Gasteiger partial charge in [0, 0.05) is 24.8 Å². The molecule has 1 aliphatic carbocycles. The first-order valence-electron chi connectivity index (χ1n) is 9.52. The van der Waals surface area contributed by atoms with Gasteiger partial charge in [0.2, 0.25) is 5.92 Å². The molecule has 1 amide bonds. The lowest BCUT2D eigenvalue weighted by molar-refractivity contribution is -0.147. The van der Waals surface area contributed by atoms with Crippen LogP contribution in [0.15, 0.2) is 11.7 Å². The number of hydrogen-bond donors (Lipinski definition) is 0. The number of carbonyl (C=O) groups is 1. The predicted molar refractivity (Wildman–Crippen MR) is 98.3 cm³/mol. The van der Waals surface area contributed by atoms with Crippen molar-refractivity contribution in [3.05, 3.63) is 11.7 Å². The first-order chi connectivity index (χ1) is 12.1. The van der Waals surface area contributed by atoms with Gasteiger partial charge in [-0.05, 0) is 54.9 Å². The molecule has 0 aromatic carbocycles. The average molecular weight is 385 g/mol. The molecule has 2 aliphatic heterocycles. The van der Waals surface area contributed by atoms with E-state index in [-0.39, 0.29) is 12.8 Å². The van der Waals surface area contributed by atoms with Crippen LogP contribution in [0, 0.1) is 5.41 Å². The summed E-state index contributed by atoms with van der Waals surface area (Å²) in [6, 6.07) is 0. The largest absolute Gasteiger partial charge is 0.512 e. The molecule has 1 saturated carbocycles. The first-order valence-corrected chi connectivity index (χ1v) is 9.52. The molecule has 1 saturated heterocycles. The van der Waals surface area contributed by atoms with Gasteiger partial charge in [0.15, 0.2) is 0 Å². The molecule has 152 valence electrons. The molecule has 3 aliphatic rings. The Morgan fingerprint density at radius 1 is 1.15 bits per heavy atom. The van der Waals surface area contributed by atoms with Crippen LogP contribution >= 0.6 is 0 Å². The van der Waals surface area contributed by atoms with E-state index in [1.807, 2.05) is 27.7 Å². The van der Waals surface area contributed by atoms with Crippen molar-refractivity contribution in [2.75, 3.05) is 6.54 Å². The fourth-order valence-electron chi connectivity index (χ4n) is 3.86. The number of allylic oxidation sites excluding steroid dienone is 1. The molecule has 0 atom stereocenters. The van der Waals surface area contributed by atoms with E-state index < -0.39 is 41.4 Å². The van der Waals surface area contributed by atoms with Crippen LogP contribution in [0.4, 0.5) is 13.6 Å². The van der Waals surface area contributed by atoms with E-state index in [1.54, 1.807) is 26.8 Å². The number of rotatable bonds is 1. The van der Waals surface area contributed by atoms with Crippen molar-refractivity contribution in [3.8, 4) is 0 Å². The molecular weight excluding hydrogens is 355 g/mol. The average Bonchev–Trinajstić information content (AvgIpc) is 2.63. The molecule has 0 aromatic heterocycles. The molecule has 2 fully saturated rings. The molecule has 0 N–H and O–H groups in total. The topological polar surface area (TPSA) is 48.0 Å². The maximum absolute atomic E-state index is 13.6. The Kier molecular flexibility index (Phi) is 4.52. The lowest BCUT2D eigenvalue weighted by Gasteiger charge is -2.50. The first kappa shape index (κ1) is 20.6. The van der Waals surface area contributed by atoms with Crippen LogP contribution in [-0.4, -0.2) is 47.4 Å². The van der Waals surface area contributed by atoms with E-state index in [2.05, 4.69) is 0 Å². The quantitative estimate of drug-likeness (QED) is 0.621. The third-order valence-corrected chi connectivity index (χ3v) is 5.93. The molecular formula is C19H30BF2NO4. The van der Waals surface area contributed by atoms with Gasteiger partial charge >= 0.3 is 13.2 Å². The van der Waals surface area contributed by atoms with Gasteiger partial charge in [0.1, 0.15) is 5.60 Å². The molecule has 0 unspecified atom stereocenters. The number of nitrogens with zero attached hydrogens (tertiary/aromatic N) is 1. The zero-order valence-electron chi connectivity index (χ0n) is 17.3. The summed E-state index contributed by atoms with van der Waals surface area (Å²) < 4.78 is 44.9. The van der Waals surface area contributed by atoms with Gasteiger partial charge in [0.05, 0.1) is 16.8 Å². The highest BCUT2D eigenvalue weighted by atomic mass is 19.3. The van der Waals surface area contributed by atoms with Gasteiger partial charge in [-0.1, -0.05) is 6.08 Å². The highest BCUT2D eigenvalue weighted by Gasteiger charge is 2.60. The smallest absolute Gasteiger partial charge is 0.443 e. The van der Waals surface area contributed by atoms with Gasteiger partial charge in [-0.3, -0.25) is 4.90 Å². The summed E-state index contributed by atoms with van der Waals surface area (Å²) in [5.74, 6) is -2.65. The van der Waals surface area contributed by atoms with Crippen LogP contribution in [0.3, 0.4) is 0 Å². The van der Waals surface area contributed by atoms with E-state index in [4.69, 9.17) is 14.0 Å². The number of hydrogen-bond acceptors (Lipinski definition) is 4. The van der Waals surface area contributed by atoms with Crippen LogP contribution in [0.1, 0.15) is 67.7 Å². The van der Waals surface area contributed by atoms with Gasteiger partial charge in [-0.25, -0.2) is 13.6 Å². The third-order valence-electron chi connectivity index (χ3n) is 5.93. The van der Waals surface area contributed by atoms with Crippen LogP contribution in [0.5, 0.6) is 0 Å². The fraction of sp³-hybridized carbons (Fsp3) is 0.842. The fourth-order valence-corrected chi connectivity index (χ4v) is 3.86. The minimum atomic E-state index is -2.65. The number of amides is 1. The maximum Gasteiger partial charge on any atom is 0.512 e. The zero-order valence-corrected chi connectivity index (χ0v) is 17.3. The van der Waals surface area contributed by atoms with E-state index in [1.165, 1.54) is 4.90 Å². The number of halogens is 2. The van der Waals surface area contributed by atoms with Crippen LogP contribution in [0.2, 0.25) is 0 Å². The lowest BCUT2D eigenvalue weighted by atomic mass is 9.60.